The van der Waals surface area contributed by atoms with Crippen molar-refractivity contribution in [3.63, 3.8) is 0 Å². The second-order valence-electron chi connectivity index (χ2n) is 13.7. The molecule has 286 valence electrons. The van der Waals surface area contributed by atoms with Crippen molar-refractivity contribution in [1.82, 2.24) is 10.6 Å². The lowest BCUT2D eigenvalue weighted by atomic mass is 9.84. The van der Waals surface area contributed by atoms with Crippen molar-refractivity contribution in [3.8, 4) is 0 Å². The zero-order valence-corrected chi connectivity index (χ0v) is 31.7. The predicted molar refractivity (Wildman–Crippen MR) is 216 cm³/mol. The van der Waals surface area contributed by atoms with E-state index in [0.717, 1.165) is 40.7 Å². The molecule has 5 aromatic carbocycles. The van der Waals surface area contributed by atoms with E-state index in [1.165, 1.54) is 7.11 Å². The Morgan fingerprint density at radius 2 is 1.29 bits per heavy atom. The first-order chi connectivity index (χ1) is 26.8. The monoisotopic (exact) mass is 760 g/mol. The van der Waals surface area contributed by atoms with Gasteiger partial charge in [0.2, 0.25) is 15.9 Å². The standard InChI is InChI=1S/C44H48N4O6S/c1-53-44(50)47-42(41(35-19-7-3-8-20-35)36-21-9-4-10-22-36)43(49)46-39-23-13-11-17-33(39)26-28-38-29-45-37(30-54-38)27-25-34-18-12-14-24-40(34)48-55(51,52)31-32-15-5-2-6-16-32/h2-24,37-38,41-42,45,48H,25-31H2,1H3,(H,46,49)(H,47,50). The minimum absolute atomic E-state index is 0.0219. The van der Waals surface area contributed by atoms with E-state index in [1.54, 1.807) is 18.2 Å². The smallest absolute Gasteiger partial charge is 0.407 e. The Kier molecular flexibility index (Phi) is 13.7. The average Bonchev–Trinajstić information content (AvgIpc) is 3.21. The van der Waals surface area contributed by atoms with Gasteiger partial charge >= 0.3 is 6.09 Å². The number of benzene rings is 5. The van der Waals surface area contributed by atoms with Crippen molar-refractivity contribution in [1.29, 1.82) is 0 Å². The Hall–Kier alpha value is -5.49. The van der Waals surface area contributed by atoms with Gasteiger partial charge in [-0.15, -0.1) is 0 Å². The zero-order valence-electron chi connectivity index (χ0n) is 30.9. The lowest BCUT2D eigenvalue weighted by Gasteiger charge is -2.31. The fraction of sp³-hybridized carbons (Fsp3) is 0.273. The van der Waals surface area contributed by atoms with Crippen LogP contribution in [0, 0.1) is 0 Å². The molecule has 1 aliphatic rings. The highest BCUT2D eigenvalue weighted by molar-refractivity contribution is 7.91. The fourth-order valence-electron chi connectivity index (χ4n) is 6.98. The third-order valence-corrected chi connectivity index (χ3v) is 11.1. The van der Waals surface area contributed by atoms with Crippen LogP contribution >= 0.6 is 0 Å². The van der Waals surface area contributed by atoms with Crippen molar-refractivity contribution in [2.24, 2.45) is 0 Å². The van der Waals surface area contributed by atoms with E-state index >= 15 is 0 Å². The van der Waals surface area contributed by atoms with Gasteiger partial charge in [0.15, 0.2) is 0 Å². The Bertz CT molecular complexity index is 2050. The number of rotatable bonds is 16. The SMILES string of the molecule is COC(=O)NC(C(=O)Nc1ccccc1CCC1CNC(CCc2ccccc2NS(=O)(=O)Cc2ccccc2)CO1)C(c1ccccc1)c1ccccc1. The van der Waals surface area contributed by atoms with Crippen LogP contribution in [0.25, 0.3) is 0 Å². The molecule has 0 radical (unpaired) electrons. The maximum absolute atomic E-state index is 14.1. The van der Waals surface area contributed by atoms with E-state index in [2.05, 4.69) is 20.7 Å². The van der Waals surface area contributed by atoms with Crippen molar-refractivity contribution in [2.45, 2.75) is 55.5 Å². The Balaban J connectivity index is 1.04. The number of amides is 2. The lowest BCUT2D eigenvalue weighted by molar-refractivity contribution is -0.118. The summed E-state index contributed by atoms with van der Waals surface area (Å²) in [5.41, 5.74) is 5.66. The minimum atomic E-state index is -3.57. The number of methoxy groups -OCH3 is 1. The molecule has 0 aliphatic carbocycles. The van der Waals surface area contributed by atoms with E-state index in [1.807, 2.05) is 121 Å². The normalized spacial score (nSPS) is 16.2. The van der Waals surface area contributed by atoms with E-state index in [9.17, 15) is 18.0 Å². The molecule has 10 nitrogen and oxygen atoms in total. The van der Waals surface area contributed by atoms with Crippen LogP contribution < -0.4 is 20.7 Å². The van der Waals surface area contributed by atoms with Crippen LogP contribution in [0.15, 0.2) is 140 Å². The molecule has 6 rings (SSSR count). The van der Waals surface area contributed by atoms with Crippen LogP contribution in [-0.4, -0.2) is 58.9 Å². The fourth-order valence-corrected chi connectivity index (χ4v) is 8.21. The van der Waals surface area contributed by atoms with Crippen LogP contribution in [0.2, 0.25) is 0 Å². The Labute approximate surface area is 323 Å². The van der Waals surface area contributed by atoms with Crippen LogP contribution in [-0.2, 0) is 42.9 Å². The number of hydrogen-bond donors (Lipinski definition) is 4. The van der Waals surface area contributed by atoms with Gasteiger partial charge in [0, 0.05) is 24.2 Å². The summed E-state index contributed by atoms with van der Waals surface area (Å²) in [6.45, 7) is 1.21. The molecule has 1 aliphatic heterocycles. The molecule has 0 aromatic heterocycles. The molecule has 1 fully saturated rings. The van der Waals surface area contributed by atoms with Gasteiger partial charge in [-0.05, 0) is 65.6 Å². The third kappa shape index (κ3) is 11.3. The highest BCUT2D eigenvalue weighted by atomic mass is 32.2. The summed E-state index contributed by atoms with van der Waals surface area (Å²) >= 11 is 0. The summed E-state index contributed by atoms with van der Waals surface area (Å²) in [4.78, 5) is 26.7. The zero-order chi connectivity index (χ0) is 38.5. The van der Waals surface area contributed by atoms with E-state index in [4.69, 9.17) is 9.47 Å². The molecular weight excluding hydrogens is 713 g/mol. The average molecular weight is 761 g/mol. The van der Waals surface area contributed by atoms with Gasteiger partial charge < -0.3 is 25.4 Å². The molecular formula is C44H48N4O6S. The van der Waals surface area contributed by atoms with Crippen molar-refractivity contribution in [3.05, 3.63) is 167 Å². The number of aryl methyl sites for hydroxylation is 2. The summed E-state index contributed by atoms with van der Waals surface area (Å²) in [5, 5.41) is 9.53. The number of hydrogen-bond acceptors (Lipinski definition) is 7. The molecule has 4 N–H and O–H groups in total. The number of sulfonamides is 1. The summed E-state index contributed by atoms with van der Waals surface area (Å²) < 4.78 is 39.9. The van der Waals surface area contributed by atoms with E-state index in [0.29, 0.717) is 37.4 Å². The molecule has 2 amide bonds. The van der Waals surface area contributed by atoms with Gasteiger partial charge in [0.05, 0.1) is 31.3 Å². The van der Waals surface area contributed by atoms with Crippen molar-refractivity contribution >= 4 is 33.4 Å². The molecule has 3 atom stereocenters. The largest absolute Gasteiger partial charge is 0.453 e. The van der Waals surface area contributed by atoms with E-state index < -0.39 is 28.1 Å². The number of carbonyl (C=O) groups is 2. The molecule has 0 saturated carbocycles. The van der Waals surface area contributed by atoms with Gasteiger partial charge in [0.25, 0.3) is 0 Å². The number of ether oxygens (including phenoxy) is 2. The summed E-state index contributed by atoms with van der Waals surface area (Å²) in [5.74, 6) is -0.922. The number of anilines is 2. The molecule has 1 saturated heterocycles. The number of nitrogens with one attached hydrogen (secondary N) is 4. The molecule has 55 heavy (non-hydrogen) atoms. The second kappa shape index (κ2) is 19.2. The van der Waals surface area contributed by atoms with Gasteiger partial charge in [-0.2, -0.15) is 0 Å². The van der Waals surface area contributed by atoms with Crippen LogP contribution in [0.3, 0.4) is 0 Å². The first kappa shape index (κ1) is 39.2. The topological polar surface area (TPSA) is 135 Å². The van der Waals surface area contributed by atoms with Crippen LogP contribution in [0.4, 0.5) is 16.2 Å². The van der Waals surface area contributed by atoms with Crippen molar-refractivity contribution in [2.75, 3.05) is 30.3 Å². The lowest BCUT2D eigenvalue weighted by Crippen LogP contribution is -2.48. The molecule has 5 aromatic rings. The van der Waals surface area contributed by atoms with Gasteiger partial charge in [-0.3, -0.25) is 9.52 Å². The Morgan fingerprint density at radius 3 is 1.89 bits per heavy atom. The Morgan fingerprint density at radius 1 is 0.745 bits per heavy atom. The summed E-state index contributed by atoms with van der Waals surface area (Å²) in [6.07, 6.45) is 2.15. The van der Waals surface area contributed by atoms with Crippen LogP contribution in [0.1, 0.15) is 46.6 Å². The van der Waals surface area contributed by atoms with Gasteiger partial charge in [-0.25, -0.2) is 13.2 Å². The highest BCUT2D eigenvalue weighted by Gasteiger charge is 2.33. The van der Waals surface area contributed by atoms with E-state index in [-0.39, 0.29) is 23.8 Å². The number of para-hydroxylation sites is 2. The number of carbonyl (C=O) groups excluding carboxylic acids is 2. The van der Waals surface area contributed by atoms with Crippen molar-refractivity contribution < 1.29 is 27.5 Å². The van der Waals surface area contributed by atoms with Gasteiger partial charge in [-0.1, -0.05) is 127 Å². The second-order valence-corrected chi connectivity index (χ2v) is 15.4. The maximum Gasteiger partial charge on any atom is 0.407 e. The van der Waals surface area contributed by atoms with Crippen LogP contribution in [0.5, 0.6) is 0 Å². The molecule has 0 spiro atoms. The summed E-state index contributed by atoms with van der Waals surface area (Å²) in [6, 6.07) is 42.8. The third-order valence-electron chi connectivity index (χ3n) is 9.81. The van der Waals surface area contributed by atoms with Gasteiger partial charge in [0.1, 0.15) is 6.04 Å². The predicted octanol–water partition coefficient (Wildman–Crippen LogP) is 7.05. The maximum atomic E-state index is 14.1. The molecule has 11 heteroatoms. The molecule has 0 bridgehead atoms. The highest BCUT2D eigenvalue weighted by Crippen LogP contribution is 2.30. The molecule has 1 heterocycles. The first-order valence-electron chi connectivity index (χ1n) is 18.6. The first-order valence-corrected chi connectivity index (χ1v) is 20.2. The minimum Gasteiger partial charge on any atom is -0.453 e. The quantitative estimate of drug-likeness (QED) is 0.0848. The summed E-state index contributed by atoms with van der Waals surface area (Å²) in [7, 11) is -2.29. The number of alkyl carbamates (subject to hydrolysis) is 1. The number of morpholine rings is 1. The molecule has 3 unspecified atom stereocenters.